The molecule has 0 aliphatic carbocycles. The van der Waals surface area contributed by atoms with Gasteiger partial charge in [-0.25, -0.2) is 4.79 Å². The molecule has 1 aromatic carbocycles. The Balaban J connectivity index is 2.52. The third kappa shape index (κ3) is 1.85. The van der Waals surface area contributed by atoms with Gasteiger partial charge in [-0.15, -0.1) is 0 Å². The molecule has 1 aromatic rings. The SMILES string of the molecule is COC(=O)c1ccc(Br)c2c1CCOO2. The van der Waals surface area contributed by atoms with Crippen LogP contribution in [-0.2, 0) is 16.0 Å². The van der Waals surface area contributed by atoms with Gasteiger partial charge in [0.05, 0.1) is 23.8 Å². The van der Waals surface area contributed by atoms with Crippen LogP contribution < -0.4 is 4.89 Å². The molecular formula is C10H9BrO4. The second-order valence-corrected chi connectivity index (χ2v) is 3.90. The number of halogens is 1. The number of rotatable bonds is 1. The van der Waals surface area contributed by atoms with Gasteiger partial charge in [0, 0.05) is 12.0 Å². The highest BCUT2D eigenvalue weighted by Crippen LogP contribution is 2.34. The lowest BCUT2D eigenvalue weighted by molar-refractivity contribution is -0.215. The van der Waals surface area contributed by atoms with Crippen LogP contribution in [0.3, 0.4) is 0 Å². The van der Waals surface area contributed by atoms with E-state index < -0.39 is 0 Å². The number of carbonyl (C=O) groups is 1. The molecule has 0 saturated heterocycles. The Morgan fingerprint density at radius 1 is 1.53 bits per heavy atom. The molecule has 0 fully saturated rings. The van der Waals surface area contributed by atoms with E-state index >= 15 is 0 Å². The minimum Gasteiger partial charge on any atom is -0.465 e. The van der Waals surface area contributed by atoms with Crippen molar-refractivity contribution in [3.8, 4) is 5.75 Å². The fraction of sp³-hybridized carbons (Fsp3) is 0.300. The molecule has 15 heavy (non-hydrogen) atoms. The lowest BCUT2D eigenvalue weighted by Crippen LogP contribution is -2.16. The fourth-order valence-electron chi connectivity index (χ4n) is 1.48. The molecule has 0 N–H and O–H groups in total. The van der Waals surface area contributed by atoms with E-state index in [1.54, 1.807) is 12.1 Å². The van der Waals surface area contributed by atoms with E-state index in [1.807, 2.05) is 0 Å². The van der Waals surface area contributed by atoms with E-state index in [1.165, 1.54) is 7.11 Å². The number of benzene rings is 1. The maximum absolute atomic E-state index is 11.5. The van der Waals surface area contributed by atoms with Crippen molar-refractivity contribution in [1.82, 2.24) is 0 Å². The van der Waals surface area contributed by atoms with Crippen molar-refractivity contribution >= 4 is 21.9 Å². The molecule has 0 amide bonds. The largest absolute Gasteiger partial charge is 0.465 e. The zero-order valence-electron chi connectivity index (χ0n) is 8.08. The van der Waals surface area contributed by atoms with Crippen LogP contribution in [-0.4, -0.2) is 19.7 Å². The molecule has 0 bridgehead atoms. The summed E-state index contributed by atoms with van der Waals surface area (Å²) in [7, 11) is 1.36. The van der Waals surface area contributed by atoms with Crippen LogP contribution in [0.25, 0.3) is 0 Å². The van der Waals surface area contributed by atoms with Crippen molar-refractivity contribution in [3.63, 3.8) is 0 Å². The minimum absolute atomic E-state index is 0.357. The maximum Gasteiger partial charge on any atom is 0.338 e. The monoisotopic (exact) mass is 272 g/mol. The average Bonchev–Trinajstić information content (AvgIpc) is 2.29. The Morgan fingerprint density at radius 3 is 3.07 bits per heavy atom. The molecule has 2 rings (SSSR count). The van der Waals surface area contributed by atoms with Gasteiger partial charge in [-0.3, -0.25) is 0 Å². The summed E-state index contributed by atoms with van der Waals surface area (Å²) in [4.78, 5) is 21.4. The first kappa shape index (κ1) is 10.4. The molecule has 4 nitrogen and oxygen atoms in total. The van der Waals surface area contributed by atoms with Gasteiger partial charge in [-0.05, 0) is 28.1 Å². The number of methoxy groups -OCH3 is 1. The summed E-state index contributed by atoms with van der Waals surface area (Å²) in [5.41, 5.74) is 1.35. The van der Waals surface area contributed by atoms with Crippen LogP contribution in [0.5, 0.6) is 5.75 Å². The summed E-state index contributed by atoms with van der Waals surface area (Å²) < 4.78 is 5.46. The van der Waals surface area contributed by atoms with Gasteiger partial charge in [0.1, 0.15) is 0 Å². The van der Waals surface area contributed by atoms with Gasteiger partial charge in [0.25, 0.3) is 0 Å². The highest BCUT2D eigenvalue weighted by molar-refractivity contribution is 9.10. The Morgan fingerprint density at radius 2 is 2.33 bits per heavy atom. The van der Waals surface area contributed by atoms with E-state index in [4.69, 9.17) is 14.5 Å². The Labute approximate surface area is 95.2 Å². The predicted octanol–water partition coefficient (Wildman–Crippen LogP) is 2.10. The van der Waals surface area contributed by atoms with Gasteiger partial charge in [0.2, 0.25) is 0 Å². The van der Waals surface area contributed by atoms with E-state index in [0.29, 0.717) is 24.3 Å². The summed E-state index contributed by atoms with van der Waals surface area (Å²) in [6.45, 7) is 0.438. The second-order valence-electron chi connectivity index (χ2n) is 3.05. The first-order valence-electron chi connectivity index (χ1n) is 4.43. The fourth-order valence-corrected chi connectivity index (χ4v) is 1.92. The third-order valence-electron chi connectivity index (χ3n) is 2.20. The smallest absolute Gasteiger partial charge is 0.338 e. The molecular weight excluding hydrogens is 264 g/mol. The quantitative estimate of drug-likeness (QED) is 0.580. The van der Waals surface area contributed by atoms with Crippen LogP contribution >= 0.6 is 15.9 Å². The van der Waals surface area contributed by atoms with Crippen molar-refractivity contribution in [2.45, 2.75) is 6.42 Å². The van der Waals surface area contributed by atoms with Gasteiger partial charge >= 0.3 is 5.97 Å². The second kappa shape index (κ2) is 4.20. The molecule has 0 aromatic heterocycles. The Hall–Kier alpha value is -1.07. The maximum atomic E-state index is 11.5. The molecule has 1 aliphatic rings. The Bertz CT molecular complexity index is 403. The number of hydrogen-bond acceptors (Lipinski definition) is 4. The molecule has 0 radical (unpaired) electrons. The topological polar surface area (TPSA) is 44.8 Å². The highest BCUT2D eigenvalue weighted by atomic mass is 79.9. The summed E-state index contributed by atoms with van der Waals surface area (Å²) in [5, 5.41) is 0. The lowest BCUT2D eigenvalue weighted by atomic mass is 10.0. The van der Waals surface area contributed by atoms with Crippen LogP contribution in [0.2, 0.25) is 0 Å². The molecule has 0 spiro atoms. The molecule has 1 aliphatic heterocycles. The average molecular weight is 273 g/mol. The zero-order chi connectivity index (χ0) is 10.8. The molecule has 0 atom stereocenters. The van der Waals surface area contributed by atoms with E-state index in [2.05, 4.69) is 15.9 Å². The van der Waals surface area contributed by atoms with Gasteiger partial charge in [-0.1, -0.05) is 0 Å². The molecule has 0 saturated carbocycles. The first-order valence-corrected chi connectivity index (χ1v) is 5.22. The van der Waals surface area contributed by atoms with Crippen molar-refractivity contribution in [2.75, 3.05) is 13.7 Å². The summed E-state index contributed by atoms with van der Waals surface area (Å²) >= 11 is 3.33. The van der Waals surface area contributed by atoms with Gasteiger partial charge in [0.15, 0.2) is 5.75 Å². The number of hydrogen-bond donors (Lipinski definition) is 0. The lowest BCUT2D eigenvalue weighted by Gasteiger charge is -2.18. The molecule has 0 unspecified atom stereocenters. The van der Waals surface area contributed by atoms with Crippen LogP contribution in [0.4, 0.5) is 0 Å². The molecule has 80 valence electrons. The molecule has 1 heterocycles. The molecule has 5 heteroatoms. The number of carbonyl (C=O) groups excluding carboxylic acids is 1. The first-order chi connectivity index (χ1) is 7.24. The highest BCUT2D eigenvalue weighted by Gasteiger charge is 2.22. The zero-order valence-corrected chi connectivity index (χ0v) is 9.67. The van der Waals surface area contributed by atoms with Crippen molar-refractivity contribution in [3.05, 3.63) is 27.7 Å². The van der Waals surface area contributed by atoms with Crippen LogP contribution in [0.1, 0.15) is 15.9 Å². The van der Waals surface area contributed by atoms with Crippen LogP contribution in [0, 0.1) is 0 Å². The number of ether oxygens (including phenoxy) is 1. The predicted molar refractivity (Wildman–Crippen MR) is 55.8 cm³/mol. The number of esters is 1. The van der Waals surface area contributed by atoms with Crippen molar-refractivity contribution in [1.29, 1.82) is 0 Å². The van der Waals surface area contributed by atoms with E-state index in [0.717, 1.165) is 10.0 Å². The van der Waals surface area contributed by atoms with Gasteiger partial charge < -0.3 is 9.62 Å². The van der Waals surface area contributed by atoms with Crippen molar-refractivity contribution in [2.24, 2.45) is 0 Å². The van der Waals surface area contributed by atoms with Crippen LogP contribution in [0.15, 0.2) is 16.6 Å². The van der Waals surface area contributed by atoms with E-state index in [-0.39, 0.29) is 5.97 Å². The summed E-state index contributed by atoms with van der Waals surface area (Å²) in [5.74, 6) is 0.202. The third-order valence-corrected chi connectivity index (χ3v) is 2.82. The van der Waals surface area contributed by atoms with Gasteiger partial charge in [-0.2, -0.15) is 4.89 Å². The number of fused-ring (bicyclic) bond motifs is 1. The Kier molecular flexibility index (Phi) is 2.93. The van der Waals surface area contributed by atoms with Crippen molar-refractivity contribution < 1.29 is 19.3 Å². The van der Waals surface area contributed by atoms with E-state index in [9.17, 15) is 4.79 Å². The minimum atomic E-state index is -0.357. The normalized spacial score (nSPS) is 14.0. The standard InChI is InChI=1S/C10H9BrO4/c1-13-10(12)7-2-3-8(11)9-6(7)4-5-14-15-9/h2-3H,4-5H2,1H3. The summed E-state index contributed by atoms with van der Waals surface area (Å²) in [6.07, 6.45) is 0.638. The summed E-state index contributed by atoms with van der Waals surface area (Å²) in [6, 6.07) is 3.45.